The van der Waals surface area contributed by atoms with Crippen LogP contribution in [0.2, 0.25) is 0 Å². The summed E-state index contributed by atoms with van der Waals surface area (Å²) in [7, 11) is 0. The summed E-state index contributed by atoms with van der Waals surface area (Å²) in [5, 5.41) is 8.93. The van der Waals surface area contributed by atoms with E-state index in [4.69, 9.17) is 5.11 Å². The van der Waals surface area contributed by atoms with E-state index in [-0.39, 0.29) is 17.8 Å². The maximum absolute atomic E-state index is 11.8. The summed E-state index contributed by atoms with van der Waals surface area (Å²) in [6.45, 7) is 9.22. The Morgan fingerprint density at radius 1 is 1.22 bits per heavy atom. The highest BCUT2D eigenvalue weighted by Gasteiger charge is 2.30. The number of hydrogen-bond donors (Lipinski definition) is 1. The van der Waals surface area contributed by atoms with Gasteiger partial charge in [0.25, 0.3) is 0 Å². The van der Waals surface area contributed by atoms with Gasteiger partial charge in [0.05, 0.1) is 6.61 Å². The van der Waals surface area contributed by atoms with E-state index in [2.05, 4.69) is 23.6 Å². The lowest BCUT2D eigenvalue weighted by Gasteiger charge is -2.40. The minimum Gasteiger partial charge on any atom is -0.395 e. The van der Waals surface area contributed by atoms with Crippen molar-refractivity contribution in [3.05, 3.63) is 11.8 Å². The molecule has 4 nitrogen and oxygen atoms in total. The highest BCUT2D eigenvalue weighted by molar-refractivity contribution is 5.91. The molecule has 0 aromatic heterocycles. The molecule has 2 aliphatic rings. The molecule has 1 N–H and O–H groups in total. The molecule has 1 aliphatic carbocycles. The minimum atomic E-state index is 0.101. The molecule has 0 spiro atoms. The number of aliphatic hydroxyl groups is 1. The summed E-state index contributed by atoms with van der Waals surface area (Å²) in [6, 6.07) is 0. The van der Waals surface area contributed by atoms with Crippen LogP contribution in [0.3, 0.4) is 0 Å². The zero-order valence-corrected chi connectivity index (χ0v) is 11.5. The Hall–Kier alpha value is -0.870. The Labute approximate surface area is 109 Å². The van der Waals surface area contributed by atoms with E-state index in [1.54, 1.807) is 0 Å². The number of piperazine rings is 1. The normalized spacial score (nSPS) is 25.2. The summed E-state index contributed by atoms with van der Waals surface area (Å²) < 4.78 is 0. The van der Waals surface area contributed by atoms with Gasteiger partial charge >= 0.3 is 0 Å². The Kier molecular flexibility index (Phi) is 4.07. The average Bonchev–Trinajstić information content (AvgIpc) is 2.27. The molecular formula is C14H24N2O2. The fourth-order valence-electron chi connectivity index (χ4n) is 2.92. The lowest BCUT2D eigenvalue weighted by molar-refractivity contribution is -0.117. The number of aliphatic hydroxyl groups excluding tert-OH is 1. The number of rotatable bonds is 3. The summed E-state index contributed by atoms with van der Waals surface area (Å²) >= 11 is 0. The molecule has 0 amide bonds. The first-order valence-corrected chi connectivity index (χ1v) is 6.82. The molecule has 1 heterocycles. The van der Waals surface area contributed by atoms with E-state index >= 15 is 0 Å². The summed E-state index contributed by atoms with van der Waals surface area (Å²) in [6.07, 6.45) is 3.51. The topological polar surface area (TPSA) is 43.8 Å². The van der Waals surface area contributed by atoms with Gasteiger partial charge in [-0.3, -0.25) is 9.69 Å². The van der Waals surface area contributed by atoms with Crippen molar-refractivity contribution < 1.29 is 9.90 Å². The van der Waals surface area contributed by atoms with Gasteiger partial charge in [0.1, 0.15) is 0 Å². The van der Waals surface area contributed by atoms with Crippen molar-refractivity contribution in [2.24, 2.45) is 5.41 Å². The fraction of sp³-hybridized carbons (Fsp3) is 0.786. The first kappa shape index (κ1) is 13.6. The van der Waals surface area contributed by atoms with Gasteiger partial charge in [0, 0.05) is 50.9 Å². The quantitative estimate of drug-likeness (QED) is 0.809. The molecule has 1 aliphatic heterocycles. The molecule has 0 bridgehead atoms. The molecule has 0 atom stereocenters. The predicted octanol–water partition coefficient (Wildman–Crippen LogP) is 0.869. The monoisotopic (exact) mass is 252 g/mol. The Morgan fingerprint density at radius 2 is 1.89 bits per heavy atom. The van der Waals surface area contributed by atoms with Gasteiger partial charge < -0.3 is 10.0 Å². The van der Waals surface area contributed by atoms with Crippen molar-refractivity contribution in [2.45, 2.75) is 26.7 Å². The van der Waals surface area contributed by atoms with E-state index in [9.17, 15) is 4.79 Å². The van der Waals surface area contributed by atoms with Crippen molar-refractivity contribution >= 4 is 5.78 Å². The zero-order chi connectivity index (χ0) is 13.2. The molecule has 0 radical (unpaired) electrons. The number of carbonyl (C=O) groups excluding carboxylic acids is 1. The molecule has 18 heavy (non-hydrogen) atoms. The highest BCUT2D eigenvalue weighted by Crippen LogP contribution is 2.35. The predicted molar refractivity (Wildman–Crippen MR) is 71.2 cm³/mol. The smallest absolute Gasteiger partial charge is 0.157 e. The molecule has 1 fully saturated rings. The van der Waals surface area contributed by atoms with Crippen LogP contribution in [0.4, 0.5) is 0 Å². The molecule has 2 rings (SSSR count). The fourth-order valence-corrected chi connectivity index (χ4v) is 2.92. The van der Waals surface area contributed by atoms with Crippen LogP contribution in [0.25, 0.3) is 0 Å². The van der Waals surface area contributed by atoms with Gasteiger partial charge in [-0.05, 0) is 11.8 Å². The molecule has 0 aromatic carbocycles. The second kappa shape index (κ2) is 5.41. The lowest BCUT2D eigenvalue weighted by atomic mass is 9.78. The van der Waals surface area contributed by atoms with E-state index in [0.29, 0.717) is 6.42 Å². The van der Waals surface area contributed by atoms with Gasteiger partial charge in [-0.15, -0.1) is 0 Å². The molecule has 0 aromatic rings. The van der Waals surface area contributed by atoms with Crippen LogP contribution in [0.15, 0.2) is 11.8 Å². The minimum absolute atomic E-state index is 0.101. The Bertz CT molecular complexity index is 342. The molecular weight excluding hydrogens is 228 g/mol. The van der Waals surface area contributed by atoms with Crippen molar-refractivity contribution in [2.75, 3.05) is 39.3 Å². The summed E-state index contributed by atoms with van der Waals surface area (Å²) in [5.41, 5.74) is 1.31. The molecule has 4 heteroatoms. The molecule has 1 saturated heterocycles. The number of ketones is 1. The van der Waals surface area contributed by atoms with Crippen LogP contribution in [-0.2, 0) is 4.79 Å². The van der Waals surface area contributed by atoms with Gasteiger partial charge in [0.2, 0.25) is 0 Å². The summed E-state index contributed by atoms with van der Waals surface area (Å²) in [5.74, 6) is 0.263. The van der Waals surface area contributed by atoms with Crippen LogP contribution in [-0.4, -0.2) is 60.0 Å². The Morgan fingerprint density at radius 3 is 2.44 bits per heavy atom. The van der Waals surface area contributed by atoms with Gasteiger partial charge in [-0.1, -0.05) is 13.8 Å². The molecule has 102 valence electrons. The second-order valence-corrected chi connectivity index (χ2v) is 6.17. The highest BCUT2D eigenvalue weighted by atomic mass is 16.3. The zero-order valence-electron chi connectivity index (χ0n) is 11.5. The number of nitrogens with zero attached hydrogens (tertiary/aromatic N) is 2. The third kappa shape index (κ3) is 3.33. The molecule has 0 unspecified atom stereocenters. The maximum atomic E-state index is 11.8. The largest absolute Gasteiger partial charge is 0.395 e. The standard InChI is InChI=1S/C14H24N2O2/c1-14(2)10-12(9-13(18)11-14)16-5-3-15(4-6-16)7-8-17/h9,17H,3-8,10-11H2,1-2H3. The molecule has 0 saturated carbocycles. The third-order valence-electron chi connectivity index (χ3n) is 3.83. The number of β-amino-alcohol motifs (C(OH)–C–C–N with tert-alkyl or cyclic N) is 1. The first-order chi connectivity index (χ1) is 8.50. The first-order valence-electron chi connectivity index (χ1n) is 6.82. The SMILES string of the molecule is CC1(C)CC(=O)C=C(N2CCN(CCO)CC2)C1. The number of carbonyl (C=O) groups is 1. The van der Waals surface area contributed by atoms with Crippen molar-refractivity contribution in [3.8, 4) is 0 Å². The van der Waals surface area contributed by atoms with Crippen LogP contribution < -0.4 is 0 Å². The van der Waals surface area contributed by atoms with Crippen LogP contribution in [0, 0.1) is 5.41 Å². The third-order valence-corrected chi connectivity index (χ3v) is 3.83. The van der Waals surface area contributed by atoms with E-state index in [1.807, 2.05) is 6.08 Å². The second-order valence-electron chi connectivity index (χ2n) is 6.17. The number of hydrogen-bond acceptors (Lipinski definition) is 4. The van der Waals surface area contributed by atoms with E-state index in [1.165, 1.54) is 5.70 Å². The van der Waals surface area contributed by atoms with Gasteiger partial charge in [0.15, 0.2) is 5.78 Å². The van der Waals surface area contributed by atoms with Crippen LogP contribution in [0.5, 0.6) is 0 Å². The van der Waals surface area contributed by atoms with Gasteiger partial charge in [-0.25, -0.2) is 0 Å². The van der Waals surface area contributed by atoms with Crippen LogP contribution >= 0.6 is 0 Å². The number of allylic oxidation sites excluding steroid dienone is 2. The van der Waals surface area contributed by atoms with E-state index < -0.39 is 0 Å². The Balaban J connectivity index is 1.95. The lowest BCUT2D eigenvalue weighted by Crippen LogP contribution is -2.47. The summed E-state index contributed by atoms with van der Waals surface area (Å²) in [4.78, 5) is 16.4. The van der Waals surface area contributed by atoms with Crippen molar-refractivity contribution in [3.63, 3.8) is 0 Å². The van der Waals surface area contributed by atoms with Crippen molar-refractivity contribution in [1.29, 1.82) is 0 Å². The van der Waals surface area contributed by atoms with Crippen LogP contribution in [0.1, 0.15) is 26.7 Å². The van der Waals surface area contributed by atoms with Gasteiger partial charge in [-0.2, -0.15) is 0 Å². The van der Waals surface area contributed by atoms with E-state index in [0.717, 1.165) is 39.1 Å². The average molecular weight is 252 g/mol. The maximum Gasteiger partial charge on any atom is 0.157 e. The van der Waals surface area contributed by atoms with Crippen molar-refractivity contribution in [1.82, 2.24) is 9.80 Å².